The van der Waals surface area contributed by atoms with Crippen molar-refractivity contribution in [1.82, 2.24) is 19.8 Å². The molecule has 4 heterocycles. The summed E-state index contributed by atoms with van der Waals surface area (Å²) in [6, 6.07) is 17.5. The first-order valence-electron chi connectivity index (χ1n) is 15.9. The van der Waals surface area contributed by atoms with Crippen LogP contribution in [0.15, 0.2) is 42.5 Å². The molecule has 45 heavy (non-hydrogen) atoms. The maximum Gasteiger partial charge on any atom is 0.318 e. The van der Waals surface area contributed by atoms with Gasteiger partial charge in [-0.25, -0.2) is 0 Å². The third-order valence-corrected chi connectivity index (χ3v) is 9.55. The summed E-state index contributed by atoms with van der Waals surface area (Å²) in [4.78, 5) is 31.4. The van der Waals surface area contributed by atoms with E-state index in [1.807, 2.05) is 0 Å². The molecule has 3 aliphatic rings. The van der Waals surface area contributed by atoms with Gasteiger partial charge >= 0.3 is 6.01 Å². The number of carbonyl (C=O) groups is 1. The van der Waals surface area contributed by atoms with Crippen molar-refractivity contribution in [3.05, 3.63) is 53.7 Å². The molecule has 0 aliphatic carbocycles. The van der Waals surface area contributed by atoms with Gasteiger partial charge in [0.2, 0.25) is 0 Å². The van der Waals surface area contributed by atoms with Crippen LogP contribution in [0.5, 0.6) is 6.01 Å². The summed E-state index contributed by atoms with van der Waals surface area (Å²) in [6.45, 7) is 6.34. The topological polar surface area (TPSA) is 109 Å². The maximum atomic E-state index is 12.8. The van der Waals surface area contributed by atoms with E-state index in [2.05, 4.69) is 89.0 Å². The van der Waals surface area contributed by atoms with Crippen molar-refractivity contribution in [3.63, 3.8) is 0 Å². The predicted molar refractivity (Wildman–Crippen MR) is 174 cm³/mol. The Hall–Kier alpha value is -4.38. The van der Waals surface area contributed by atoms with Crippen LogP contribution in [0.3, 0.4) is 0 Å². The fourth-order valence-corrected chi connectivity index (χ4v) is 7.09. The Morgan fingerprint density at radius 3 is 2.76 bits per heavy atom. The highest BCUT2D eigenvalue weighted by Gasteiger charge is 2.34. The normalized spacial score (nSPS) is 21.9. The van der Waals surface area contributed by atoms with Crippen molar-refractivity contribution in [2.45, 2.75) is 51.2 Å². The van der Waals surface area contributed by atoms with Crippen molar-refractivity contribution >= 4 is 28.2 Å². The Morgan fingerprint density at radius 1 is 1.09 bits per heavy atom. The van der Waals surface area contributed by atoms with Gasteiger partial charge < -0.3 is 24.5 Å². The van der Waals surface area contributed by atoms with Crippen molar-refractivity contribution in [2.75, 3.05) is 62.8 Å². The highest BCUT2D eigenvalue weighted by atomic mass is 16.5. The molecule has 0 saturated carbocycles. The number of amides is 1. The summed E-state index contributed by atoms with van der Waals surface area (Å²) in [5, 5.41) is 21.1. The van der Waals surface area contributed by atoms with Gasteiger partial charge in [-0.3, -0.25) is 9.69 Å². The molecule has 2 aromatic carbocycles. The Balaban J connectivity index is 1.32. The standard InChI is InChI=1S/C35H41N7O3/c1-25-8-6-17-39(2)32(25)24-45-35-37-30-23-40(31-12-5-10-26-9-3-4-11-28(26)31)18-15-29(30)34(38-35)41-19-20-42(27(22-41)14-16-36)33(44)13-7-21-43/h3-5,9-12,25,27,32,43H,6,8,14-15,17-24H2,1-2H3/t25?,27-,32?/m0/s1. The number of carbonyl (C=O) groups excluding carboxylic acids is 1. The third kappa shape index (κ3) is 6.54. The van der Waals surface area contributed by atoms with Crippen LogP contribution in [0.1, 0.15) is 37.4 Å². The number of nitriles is 1. The number of fused-ring (bicyclic) bond motifs is 2. The lowest BCUT2D eigenvalue weighted by Gasteiger charge is -2.42. The lowest BCUT2D eigenvalue weighted by Crippen LogP contribution is -2.55. The summed E-state index contributed by atoms with van der Waals surface area (Å²) in [5.74, 6) is 5.93. The molecule has 3 aliphatic heterocycles. The van der Waals surface area contributed by atoms with Crippen molar-refractivity contribution in [3.8, 4) is 23.9 Å². The average molecular weight is 608 g/mol. The number of nitrogens with zero attached hydrogens (tertiary/aromatic N) is 7. The van der Waals surface area contributed by atoms with Gasteiger partial charge in [0.15, 0.2) is 0 Å². The number of piperazine rings is 1. The number of hydrogen-bond donors (Lipinski definition) is 1. The maximum absolute atomic E-state index is 12.8. The smallest absolute Gasteiger partial charge is 0.318 e. The van der Waals surface area contributed by atoms with Gasteiger partial charge in [0.25, 0.3) is 5.91 Å². The first kappa shape index (κ1) is 30.6. The molecule has 2 unspecified atom stereocenters. The number of likely N-dealkylation sites (tertiary alicyclic amines) is 1. The number of aromatic nitrogens is 2. The zero-order chi connectivity index (χ0) is 31.3. The Kier molecular flexibility index (Phi) is 9.34. The SMILES string of the molecule is CC1CCCN(C)C1COc1nc2c(c(N3CCN(C(=O)C#CCO)[C@@H](CC#N)C3)n1)CCN(c1cccc3ccccc13)C2. The fraction of sp³-hybridized carbons (Fsp3) is 0.486. The minimum Gasteiger partial charge on any atom is -0.462 e. The summed E-state index contributed by atoms with van der Waals surface area (Å²) in [6.07, 6.45) is 3.32. The quantitative estimate of drug-likeness (QED) is 0.423. The summed E-state index contributed by atoms with van der Waals surface area (Å²) < 4.78 is 6.41. The second kappa shape index (κ2) is 13.7. The number of anilines is 2. The average Bonchev–Trinajstić information content (AvgIpc) is 3.06. The molecular weight excluding hydrogens is 566 g/mol. The van der Waals surface area contributed by atoms with Crippen LogP contribution in [0.2, 0.25) is 0 Å². The number of benzene rings is 2. The summed E-state index contributed by atoms with van der Waals surface area (Å²) in [7, 11) is 2.16. The molecule has 2 fully saturated rings. The van der Waals surface area contributed by atoms with E-state index < -0.39 is 0 Å². The van der Waals surface area contributed by atoms with E-state index in [1.54, 1.807) is 4.90 Å². The lowest BCUT2D eigenvalue weighted by atomic mass is 9.92. The van der Waals surface area contributed by atoms with Crippen LogP contribution in [-0.2, 0) is 17.8 Å². The predicted octanol–water partition coefficient (Wildman–Crippen LogP) is 3.23. The highest BCUT2D eigenvalue weighted by Crippen LogP contribution is 2.35. The monoisotopic (exact) mass is 607 g/mol. The molecule has 10 nitrogen and oxygen atoms in total. The van der Waals surface area contributed by atoms with E-state index in [0.717, 1.165) is 36.6 Å². The number of hydrogen-bond acceptors (Lipinski definition) is 9. The Morgan fingerprint density at radius 2 is 1.93 bits per heavy atom. The van der Waals surface area contributed by atoms with Gasteiger partial charge in [-0.15, -0.1) is 0 Å². The van der Waals surface area contributed by atoms with Crippen LogP contribution in [0, 0.1) is 29.1 Å². The van der Waals surface area contributed by atoms with Gasteiger partial charge in [-0.1, -0.05) is 49.2 Å². The zero-order valence-corrected chi connectivity index (χ0v) is 26.2. The number of likely N-dealkylation sites (N-methyl/N-ethyl adjacent to an activating group) is 1. The molecule has 3 atom stereocenters. The molecule has 0 spiro atoms. The molecule has 2 saturated heterocycles. The summed E-state index contributed by atoms with van der Waals surface area (Å²) in [5.41, 5.74) is 3.23. The van der Waals surface area contributed by atoms with Crippen LogP contribution < -0.4 is 14.5 Å². The van der Waals surface area contributed by atoms with E-state index in [0.29, 0.717) is 50.8 Å². The van der Waals surface area contributed by atoms with Crippen molar-refractivity contribution in [1.29, 1.82) is 5.26 Å². The van der Waals surface area contributed by atoms with E-state index >= 15 is 0 Å². The van der Waals surface area contributed by atoms with Crippen LogP contribution >= 0.6 is 0 Å². The van der Waals surface area contributed by atoms with Crippen LogP contribution in [0.25, 0.3) is 10.8 Å². The van der Waals surface area contributed by atoms with Gasteiger partial charge in [0, 0.05) is 48.9 Å². The second-order valence-electron chi connectivity index (χ2n) is 12.3. The first-order valence-corrected chi connectivity index (χ1v) is 15.9. The van der Waals surface area contributed by atoms with E-state index in [1.165, 1.54) is 29.3 Å². The molecule has 1 N–H and O–H groups in total. The molecule has 0 bridgehead atoms. The van der Waals surface area contributed by atoms with Gasteiger partial charge in [-0.2, -0.15) is 15.2 Å². The number of piperidine rings is 1. The van der Waals surface area contributed by atoms with Gasteiger partial charge in [0.05, 0.1) is 30.8 Å². The molecule has 1 amide bonds. The number of rotatable bonds is 6. The number of aliphatic hydroxyl groups is 1. The molecule has 6 rings (SSSR count). The molecule has 10 heteroatoms. The van der Waals surface area contributed by atoms with E-state index in [-0.39, 0.29) is 25.0 Å². The zero-order valence-electron chi connectivity index (χ0n) is 26.2. The van der Waals surface area contributed by atoms with Gasteiger partial charge in [0.1, 0.15) is 19.0 Å². The van der Waals surface area contributed by atoms with Gasteiger partial charge in [-0.05, 0) is 56.1 Å². The number of aliphatic hydroxyl groups excluding tert-OH is 1. The van der Waals surface area contributed by atoms with Crippen molar-refractivity contribution < 1.29 is 14.6 Å². The molecule has 234 valence electrons. The largest absolute Gasteiger partial charge is 0.462 e. The highest BCUT2D eigenvalue weighted by molar-refractivity contribution is 5.95. The first-order chi connectivity index (χ1) is 22.0. The second-order valence-corrected chi connectivity index (χ2v) is 12.3. The summed E-state index contributed by atoms with van der Waals surface area (Å²) >= 11 is 0. The molecular formula is C35H41N7O3. The van der Waals surface area contributed by atoms with Crippen molar-refractivity contribution in [2.24, 2.45) is 5.92 Å². The minimum absolute atomic E-state index is 0.181. The lowest BCUT2D eigenvalue weighted by molar-refractivity contribution is -0.127. The number of ether oxygens (including phenoxy) is 1. The Labute approximate surface area is 265 Å². The molecule has 1 aromatic heterocycles. The molecule has 0 radical (unpaired) electrons. The molecule has 3 aromatic rings. The third-order valence-electron chi connectivity index (χ3n) is 9.55. The Bertz CT molecular complexity index is 1630. The van der Waals surface area contributed by atoms with Crippen LogP contribution in [0.4, 0.5) is 11.5 Å². The fourth-order valence-electron chi connectivity index (χ4n) is 7.09. The van der Waals surface area contributed by atoms with E-state index in [9.17, 15) is 10.1 Å². The van der Waals surface area contributed by atoms with Crippen LogP contribution in [-0.4, -0.2) is 95.9 Å². The van der Waals surface area contributed by atoms with E-state index in [4.69, 9.17) is 19.8 Å². The minimum atomic E-state index is -0.379.